The molecule has 1 saturated heterocycles. The maximum Gasteiger partial charge on any atom is 0.408 e. The lowest BCUT2D eigenvalue weighted by molar-refractivity contribution is -0.143. The van der Waals surface area contributed by atoms with E-state index in [1.54, 1.807) is 0 Å². The first-order valence-electron chi connectivity index (χ1n) is 9.68. The van der Waals surface area contributed by atoms with Gasteiger partial charge < -0.3 is 15.2 Å². The number of ether oxygens (including phenoxy) is 1. The predicted octanol–water partition coefficient (Wildman–Crippen LogP) is 4.46. The van der Waals surface area contributed by atoms with Gasteiger partial charge in [-0.3, -0.25) is 0 Å². The fourth-order valence-corrected chi connectivity index (χ4v) is 8.05. The van der Waals surface area contributed by atoms with Gasteiger partial charge in [-0.25, -0.2) is 9.59 Å². The summed E-state index contributed by atoms with van der Waals surface area (Å²) in [5.74, 6) is -0.993. The largest absolute Gasteiger partial charge is 0.480 e. The van der Waals surface area contributed by atoms with Crippen molar-refractivity contribution in [3.05, 3.63) is 59.7 Å². The van der Waals surface area contributed by atoms with Gasteiger partial charge in [-0.2, -0.15) is 0 Å². The van der Waals surface area contributed by atoms with E-state index < -0.39 is 25.7 Å². The number of benzene rings is 2. The van der Waals surface area contributed by atoms with Crippen molar-refractivity contribution < 1.29 is 19.4 Å². The molecule has 0 aromatic heterocycles. The Morgan fingerprint density at radius 3 is 2.18 bits per heavy atom. The average molecular weight is 396 g/mol. The fourth-order valence-electron chi connectivity index (χ4n) is 4.72. The van der Waals surface area contributed by atoms with E-state index in [1.165, 1.54) is 0 Å². The Morgan fingerprint density at radius 1 is 1.11 bits per heavy atom. The number of amides is 1. The summed E-state index contributed by atoms with van der Waals surface area (Å²) < 4.78 is 5.55. The van der Waals surface area contributed by atoms with Crippen LogP contribution >= 0.6 is 0 Å². The average Bonchev–Trinajstić information content (AvgIpc) is 3.15. The van der Waals surface area contributed by atoms with Gasteiger partial charge in [0.05, 0.1) is 8.07 Å². The lowest BCUT2D eigenvalue weighted by atomic mass is 9.98. The third-order valence-corrected chi connectivity index (χ3v) is 9.27. The molecule has 0 bridgehead atoms. The summed E-state index contributed by atoms with van der Waals surface area (Å²) in [6.07, 6.45) is -0.165. The number of aliphatic carboxylic acids is 1. The van der Waals surface area contributed by atoms with Crippen LogP contribution in [0.15, 0.2) is 48.5 Å². The molecule has 1 unspecified atom stereocenters. The molecule has 0 spiro atoms. The highest BCUT2D eigenvalue weighted by molar-refractivity contribution is 6.78. The minimum atomic E-state index is -1.60. The van der Waals surface area contributed by atoms with Crippen molar-refractivity contribution in [1.82, 2.24) is 5.32 Å². The molecule has 146 valence electrons. The highest BCUT2D eigenvalue weighted by Crippen LogP contribution is 2.44. The monoisotopic (exact) mass is 395 g/mol. The topological polar surface area (TPSA) is 75.6 Å². The quantitative estimate of drug-likeness (QED) is 0.750. The molecule has 1 amide bonds. The third kappa shape index (κ3) is 3.22. The zero-order valence-electron chi connectivity index (χ0n) is 16.2. The minimum Gasteiger partial charge on any atom is -0.480 e. The van der Waals surface area contributed by atoms with E-state index in [-0.39, 0.29) is 12.5 Å². The minimum absolute atomic E-state index is 0.0340. The van der Waals surface area contributed by atoms with E-state index in [2.05, 4.69) is 42.7 Å². The van der Waals surface area contributed by atoms with Crippen LogP contribution in [-0.2, 0) is 9.53 Å². The van der Waals surface area contributed by atoms with Crippen LogP contribution in [0.1, 0.15) is 23.5 Å². The molecule has 2 aromatic carbocycles. The maximum absolute atomic E-state index is 12.5. The second-order valence-electron chi connectivity index (χ2n) is 8.68. The van der Waals surface area contributed by atoms with E-state index >= 15 is 0 Å². The van der Waals surface area contributed by atoms with Gasteiger partial charge >= 0.3 is 12.1 Å². The zero-order chi connectivity index (χ0) is 19.9. The first-order chi connectivity index (χ1) is 13.3. The van der Waals surface area contributed by atoms with Gasteiger partial charge in [0.2, 0.25) is 0 Å². The number of carboxylic acid groups (broad SMARTS) is 1. The number of rotatable bonds is 4. The van der Waals surface area contributed by atoms with Gasteiger partial charge in [-0.1, -0.05) is 67.7 Å². The van der Waals surface area contributed by atoms with Crippen LogP contribution in [0.25, 0.3) is 11.1 Å². The van der Waals surface area contributed by atoms with E-state index in [9.17, 15) is 14.7 Å². The number of carboxylic acids is 1. The molecule has 2 aliphatic rings. The molecule has 5 nitrogen and oxygen atoms in total. The van der Waals surface area contributed by atoms with Crippen molar-refractivity contribution in [2.24, 2.45) is 0 Å². The van der Waals surface area contributed by atoms with Gasteiger partial charge in [0.15, 0.2) is 0 Å². The lowest BCUT2D eigenvalue weighted by Gasteiger charge is -2.27. The van der Waals surface area contributed by atoms with Crippen LogP contribution in [0.4, 0.5) is 4.79 Å². The molecule has 1 aliphatic carbocycles. The zero-order valence-corrected chi connectivity index (χ0v) is 17.2. The molecule has 6 heteroatoms. The predicted molar refractivity (Wildman–Crippen MR) is 110 cm³/mol. The molecule has 28 heavy (non-hydrogen) atoms. The van der Waals surface area contributed by atoms with Crippen molar-refractivity contribution in [3.8, 4) is 11.1 Å². The van der Waals surface area contributed by atoms with E-state index in [4.69, 9.17) is 4.74 Å². The van der Waals surface area contributed by atoms with Crippen LogP contribution in [0.5, 0.6) is 0 Å². The van der Waals surface area contributed by atoms with Crippen molar-refractivity contribution in [3.63, 3.8) is 0 Å². The van der Waals surface area contributed by atoms with Gasteiger partial charge in [-0.15, -0.1) is 0 Å². The highest BCUT2D eigenvalue weighted by atomic mass is 28.3. The molecular weight excluding hydrogens is 370 g/mol. The summed E-state index contributed by atoms with van der Waals surface area (Å²) in [6, 6.07) is 17.7. The number of carbonyl (C=O) groups is 2. The first kappa shape index (κ1) is 18.7. The number of nitrogens with one attached hydrogen (secondary N) is 1. The number of carbonyl (C=O) groups excluding carboxylic acids is 1. The van der Waals surface area contributed by atoms with Crippen molar-refractivity contribution in [2.75, 3.05) is 6.61 Å². The number of hydrogen-bond acceptors (Lipinski definition) is 3. The van der Waals surface area contributed by atoms with Gasteiger partial charge in [0.25, 0.3) is 0 Å². The molecule has 0 saturated carbocycles. The Kier molecular flexibility index (Phi) is 4.54. The number of hydrogen-bond donors (Lipinski definition) is 2. The maximum atomic E-state index is 12.5. The Morgan fingerprint density at radius 2 is 1.68 bits per heavy atom. The Balaban J connectivity index is 1.49. The van der Waals surface area contributed by atoms with E-state index in [0.717, 1.165) is 28.3 Å². The molecule has 1 aliphatic heterocycles. The summed E-state index contributed by atoms with van der Waals surface area (Å²) in [4.78, 5) is 24.4. The molecular formula is C22H25NO4Si. The molecule has 1 heterocycles. The van der Waals surface area contributed by atoms with Crippen LogP contribution in [0, 0.1) is 0 Å². The summed E-state index contributed by atoms with van der Waals surface area (Å²) in [6.45, 7) is 4.52. The molecule has 2 N–H and O–H groups in total. The van der Waals surface area contributed by atoms with Gasteiger partial charge in [0, 0.05) is 5.92 Å². The standard InChI is InChI=1S/C22H25NO4Si/c1-28(2)12-11-22(14-28,20(24)25)23-21(26)27-13-19-17-9-5-3-7-15(17)16-8-4-6-10-18(16)19/h3-10,19H,11-14H2,1-2H3,(H,23,26)(H,24,25). The Labute approximate surface area is 165 Å². The number of alkyl carbamates (subject to hydrolysis) is 1. The second kappa shape index (κ2) is 6.78. The van der Waals surface area contributed by atoms with E-state index in [0.29, 0.717) is 12.5 Å². The SMILES string of the molecule is C[Si]1(C)CCC(NC(=O)OCC2c3ccccc3-c3ccccc32)(C(=O)O)C1. The van der Waals surface area contributed by atoms with Crippen LogP contribution in [0.2, 0.25) is 25.2 Å². The molecule has 1 atom stereocenters. The van der Waals surface area contributed by atoms with Crippen molar-refractivity contribution >= 4 is 20.1 Å². The summed E-state index contributed by atoms with van der Waals surface area (Å²) in [7, 11) is -1.60. The van der Waals surface area contributed by atoms with E-state index in [1.807, 2.05) is 24.3 Å². The third-order valence-electron chi connectivity index (χ3n) is 6.10. The van der Waals surface area contributed by atoms with Crippen molar-refractivity contribution in [1.29, 1.82) is 0 Å². The molecule has 4 rings (SSSR count). The van der Waals surface area contributed by atoms with Gasteiger partial charge in [0.1, 0.15) is 12.1 Å². The normalized spacial score (nSPS) is 22.4. The van der Waals surface area contributed by atoms with Gasteiger partial charge in [-0.05, 0) is 34.7 Å². The lowest BCUT2D eigenvalue weighted by Crippen LogP contribution is -2.53. The second-order valence-corrected chi connectivity index (χ2v) is 13.9. The van der Waals surface area contributed by atoms with Crippen LogP contribution < -0.4 is 5.32 Å². The molecule has 2 aromatic rings. The highest BCUT2D eigenvalue weighted by Gasteiger charge is 2.51. The summed E-state index contributed by atoms with van der Waals surface area (Å²) in [5.41, 5.74) is 3.42. The number of fused-ring (bicyclic) bond motifs is 3. The summed E-state index contributed by atoms with van der Waals surface area (Å²) >= 11 is 0. The Hall–Kier alpha value is -2.60. The Bertz CT molecular complexity index is 896. The smallest absolute Gasteiger partial charge is 0.408 e. The first-order valence-corrected chi connectivity index (χ1v) is 13.1. The molecule has 1 fully saturated rings. The fraction of sp³-hybridized carbons (Fsp3) is 0.364. The van der Waals surface area contributed by atoms with Crippen LogP contribution in [-0.4, -0.2) is 37.4 Å². The van der Waals surface area contributed by atoms with Crippen LogP contribution in [0.3, 0.4) is 0 Å². The summed E-state index contributed by atoms with van der Waals surface area (Å²) in [5, 5.41) is 12.4. The van der Waals surface area contributed by atoms with Crippen molar-refractivity contribution in [2.45, 2.75) is 43.1 Å². The molecule has 0 radical (unpaired) electrons.